The first-order chi connectivity index (χ1) is 11.5. The third-order valence-electron chi connectivity index (χ3n) is 2.82. The monoisotopic (exact) mass is 363 g/mol. The number of carboxylic acid groups (broad SMARTS) is 1. The number of amides is 1. The Hall–Kier alpha value is -2.65. The summed E-state index contributed by atoms with van der Waals surface area (Å²) in [5.74, 6) is 0. The van der Waals surface area contributed by atoms with Gasteiger partial charge in [-0.2, -0.15) is 0 Å². The molecular formula is C15H13N3O4S2. The van der Waals surface area contributed by atoms with Crippen molar-refractivity contribution in [1.82, 2.24) is 5.32 Å². The number of anilines is 1. The van der Waals surface area contributed by atoms with Crippen molar-refractivity contribution in [3.05, 3.63) is 58.6 Å². The standard InChI is InChI=1S/C15H13N3O4S2/c19-15(20)16-9-14(23)17-12-8-11(6-7-13(12)18(21)22)24-10-4-2-1-3-5-10/h1-8,16H,9H2,(H,17,23)(H,19,20). The van der Waals surface area contributed by atoms with Crippen molar-refractivity contribution in [3.8, 4) is 0 Å². The summed E-state index contributed by atoms with van der Waals surface area (Å²) < 4.78 is 0. The van der Waals surface area contributed by atoms with Crippen LogP contribution in [-0.4, -0.2) is 27.7 Å². The summed E-state index contributed by atoms with van der Waals surface area (Å²) in [6, 6.07) is 14.2. The van der Waals surface area contributed by atoms with E-state index in [2.05, 4.69) is 10.6 Å². The zero-order valence-electron chi connectivity index (χ0n) is 12.3. The lowest BCUT2D eigenvalue weighted by Gasteiger charge is -2.10. The second-order valence-corrected chi connectivity index (χ2v) is 6.20. The molecule has 0 aromatic heterocycles. The first-order valence-corrected chi connectivity index (χ1v) is 7.96. The molecule has 0 aliphatic carbocycles. The summed E-state index contributed by atoms with van der Waals surface area (Å²) in [6.45, 7) is -0.127. The van der Waals surface area contributed by atoms with E-state index in [-0.39, 0.29) is 22.9 Å². The second kappa shape index (κ2) is 8.27. The Morgan fingerprint density at radius 2 is 1.92 bits per heavy atom. The summed E-state index contributed by atoms with van der Waals surface area (Å²) in [5.41, 5.74) is 0.0863. The highest BCUT2D eigenvalue weighted by Crippen LogP contribution is 2.33. The molecule has 0 saturated carbocycles. The minimum absolute atomic E-state index is 0.127. The summed E-state index contributed by atoms with van der Waals surface area (Å²) in [6.07, 6.45) is -1.22. The number of benzene rings is 2. The number of thiocarbonyl (C=S) groups is 1. The van der Waals surface area contributed by atoms with Gasteiger partial charge in [-0.1, -0.05) is 42.2 Å². The molecule has 3 N–H and O–H groups in total. The van der Waals surface area contributed by atoms with Crippen molar-refractivity contribution >= 4 is 46.4 Å². The number of hydrogen-bond donors (Lipinski definition) is 3. The van der Waals surface area contributed by atoms with E-state index >= 15 is 0 Å². The lowest BCUT2D eigenvalue weighted by molar-refractivity contribution is -0.383. The third-order valence-corrected chi connectivity index (χ3v) is 4.06. The molecule has 24 heavy (non-hydrogen) atoms. The van der Waals surface area contributed by atoms with Crippen LogP contribution in [0.4, 0.5) is 16.2 Å². The molecule has 1 amide bonds. The van der Waals surface area contributed by atoms with Crippen LogP contribution in [0.25, 0.3) is 0 Å². The molecular weight excluding hydrogens is 350 g/mol. The fourth-order valence-electron chi connectivity index (χ4n) is 1.81. The van der Waals surface area contributed by atoms with Gasteiger partial charge in [0.1, 0.15) is 5.69 Å². The van der Waals surface area contributed by atoms with Gasteiger partial charge in [0, 0.05) is 15.9 Å². The van der Waals surface area contributed by atoms with Crippen LogP contribution < -0.4 is 10.6 Å². The molecule has 0 heterocycles. The van der Waals surface area contributed by atoms with E-state index < -0.39 is 11.0 Å². The van der Waals surface area contributed by atoms with Gasteiger partial charge in [0.25, 0.3) is 5.69 Å². The molecule has 7 nitrogen and oxygen atoms in total. The molecule has 0 atom stereocenters. The molecule has 0 aliphatic heterocycles. The lowest BCUT2D eigenvalue weighted by Crippen LogP contribution is -2.30. The van der Waals surface area contributed by atoms with E-state index in [1.165, 1.54) is 17.8 Å². The van der Waals surface area contributed by atoms with Gasteiger partial charge in [-0.15, -0.1) is 0 Å². The molecule has 0 bridgehead atoms. The highest BCUT2D eigenvalue weighted by molar-refractivity contribution is 7.99. The van der Waals surface area contributed by atoms with Gasteiger partial charge in [0.15, 0.2) is 0 Å². The number of nitrogens with zero attached hydrogens (tertiary/aromatic N) is 1. The number of rotatable bonds is 6. The second-order valence-electron chi connectivity index (χ2n) is 4.56. The first-order valence-electron chi connectivity index (χ1n) is 6.73. The molecule has 2 aromatic carbocycles. The molecule has 2 rings (SSSR count). The van der Waals surface area contributed by atoms with E-state index in [1.807, 2.05) is 30.3 Å². The molecule has 2 aromatic rings. The number of nitro groups is 1. The third kappa shape index (κ3) is 5.21. The Bertz CT molecular complexity index is 769. The van der Waals surface area contributed by atoms with E-state index in [0.29, 0.717) is 0 Å². The lowest BCUT2D eigenvalue weighted by atomic mass is 10.2. The van der Waals surface area contributed by atoms with Gasteiger partial charge < -0.3 is 15.7 Å². The van der Waals surface area contributed by atoms with Gasteiger partial charge in [0.2, 0.25) is 0 Å². The largest absolute Gasteiger partial charge is 0.465 e. The van der Waals surface area contributed by atoms with Gasteiger partial charge >= 0.3 is 6.09 Å². The number of nitro benzene ring substituents is 1. The van der Waals surface area contributed by atoms with Crippen LogP contribution in [0.1, 0.15) is 0 Å². The fraction of sp³-hybridized carbons (Fsp3) is 0.0667. The maximum absolute atomic E-state index is 11.1. The van der Waals surface area contributed by atoms with Crippen LogP contribution in [0.3, 0.4) is 0 Å². The summed E-state index contributed by atoms with van der Waals surface area (Å²) >= 11 is 6.46. The molecule has 0 spiro atoms. The highest BCUT2D eigenvalue weighted by atomic mass is 32.2. The minimum Gasteiger partial charge on any atom is -0.465 e. The molecule has 9 heteroatoms. The predicted octanol–water partition coefficient (Wildman–Crippen LogP) is 3.75. The summed E-state index contributed by atoms with van der Waals surface area (Å²) in [4.78, 5) is 23.0. The smallest absolute Gasteiger partial charge is 0.405 e. The normalized spacial score (nSPS) is 10.0. The van der Waals surface area contributed by atoms with Crippen molar-refractivity contribution in [2.24, 2.45) is 0 Å². The molecule has 124 valence electrons. The van der Waals surface area contributed by atoms with Crippen molar-refractivity contribution in [3.63, 3.8) is 0 Å². The van der Waals surface area contributed by atoms with Crippen molar-refractivity contribution in [2.75, 3.05) is 11.9 Å². The van der Waals surface area contributed by atoms with Crippen LogP contribution in [0, 0.1) is 10.1 Å². The molecule has 0 fully saturated rings. The Morgan fingerprint density at radius 3 is 2.54 bits per heavy atom. The average molecular weight is 363 g/mol. The maximum atomic E-state index is 11.1. The predicted molar refractivity (Wildman–Crippen MR) is 95.9 cm³/mol. The van der Waals surface area contributed by atoms with Gasteiger partial charge in [-0.3, -0.25) is 10.1 Å². The molecule has 0 radical (unpaired) electrons. The van der Waals surface area contributed by atoms with Gasteiger partial charge in [0.05, 0.1) is 16.5 Å². The minimum atomic E-state index is -1.22. The van der Waals surface area contributed by atoms with Gasteiger partial charge in [-0.25, -0.2) is 4.79 Å². The zero-order valence-corrected chi connectivity index (χ0v) is 13.9. The molecule has 0 aliphatic rings. The SMILES string of the molecule is O=C(O)NCC(=S)Nc1cc(Sc2ccccc2)ccc1[N+](=O)[O-]. The van der Waals surface area contributed by atoms with Crippen LogP contribution >= 0.6 is 24.0 Å². The topological polar surface area (TPSA) is 104 Å². The van der Waals surface area contributed by atoms with Crippen molar-refractivity contribution < 1.29 is 14.8 Å². The quantitative estimate of drug-likeness (QED) is 0.408. The fourth-order valence-corrected chi connectivity index (χ4v) is 2.87. The summed E-state index contributed by atoms with van der Waals surface area (Å²) in [5, 5.41) is 24.5. The van der Waals surface area contributed by atoms with Crippen LogP contribution in [0.15, 0.2) is 58.3 Å². The van der Waals surface area contributed by atoms with Crippen LogP contribution in [0.2, 0.25) is 0 Å². The van der Waals surface area contributed by atoms with E-state index in [1.54, 1.807) is 12.1 Å². The summed E-state index contributed by atoms with van der Waals surface area (Å²) in [7, 11) is 0. The van der Waals surface area contributed by atoms with Crippen LogP contribution in [0.5, 0.6) is 0 Å². The number of hydrogen-bond acceptors (Lipinski definition) is 5. The Balaban J connectivity index is 2.20. The highest BCUT2D eigenvalue weighted by Gasteiger charge is 2.16. The van der Waals surface area contributed by atoms with E-state index in [4.69, 9.17) is 17.3 Å². The van der Waals surface area contributed by atoms with E-state index in [9.17, 15) is 14.9 Å². The number of nitrogens with one attached hydrogen (secondary N) is 2. The van der Waals surface area contributed by atoms with Crippen molar-refractivity contribution in [2.45, 2.75) is 9.79 Å². The Kier molecular flexibility index (Phi) is 6.10. The Labute approximate surface area is 147 Å². The molecule has 0 saturated heterocycles. The maximum Gasteiger partial charge on any atom is 0.405 e. The first kappa shape index (κ1) is 17.7. The molecule has 0 unspecified atom stereocenters. The number of carbonyl (C=O) groups is 1. The van der Waals surface area contributed by atoms with E-state index in [0.717, 1.165) is 9.79 Å². The van der Waals surface area contributed by atoms with Crippen molar-refractivity contribution in [1.29, 1.82) is 0 Å². The van der Waals surface area contributed by atoms with Crippen LogP contribution in [-0.2, 0) is 0 Å². The zero-order chi connectivity index (χ0) is 17.5. The Morgan fingerprint density at radius 1 is 1.21 bits per heavy atom. The van der Waals surface area contributed by atoms with Gasteiger partial charge in [-0.05, 0) is 24.3 Å². The average Bonchev–Trinajstić information content (AvgIpc) is 2.54.